The molecule has 2 unspecified atom stereocenters. The molecule has 1 aromatic rings. The van der Waals surface area contributed by atoms with Crippen molar-refractivity contribution in [1.29, 1.82) is 0 Å². The molecule has 0 radical (unpaired) electrons. The molecule has 2 atom stereocenters. The SMILES string of the molecule is CC(=O)c1cc(Cl)cc(CN2CC3CCC(C2)O3)c1O. The van der Waals surface area contributed by atoms with E-state index in [2.05, 4.69) is 4.90 Å². The molecule has 2 aliphatic rings. The topological polar surface area (TPSA) is 49.8 Å². The Labute approximate surface area is 123 Å². The van der Waals surface area contributed by atoms with Gasteiger partial charge >= 0.3 is 0 Å². The van der Waals surface area contributed by atoms with Crippen molar-refractivity contribution in [3.05, 3.63) is 28.3 Å². The number of phenolic OH excluding ortho intramolecular Hbond substituents is 1. The number of morpholine rings is 1. The molecule has 0 saturated carbocycles. The lowest BCUT2D eigenvalue weighted by atomic mass is 10.0. The Kier molecular flexibility index (Phi) is 3.71. The quantitative estimate of drug-likeness (QED) is 0.871. The van der Waals surface area contributed by atoms with Crippen molar-refractivity contribution in [3.8, 4) is 5.75 Å². The van der Waals surface area contributed by atoms with Gasteiger partial charge in [-0.3, -0.25) is 9.69 Å². The number of carbonyl (C=O) groups excluding carboxylic acids is 1. The molecule has 4 nitrogen and oxygen atoms in total. The van der Waals surface area contributed by atoms with E-state index in [4.69, 9.17) is 16.3 Å². The average Bonchev–Trinajstić information content (AvgIpc) is 2.72. The number of hydrogen-bond donors (Lipinski definition) is 1. The van der Waals surface area contributed by atoms with Gasteiger partial charge in [-0.05, 0) is 31.9 Å². The Balaban J connectivity index is 1.82. The van der Waals surface area contributed by atoms with Crippen molar-refractivity contribution in [2.45, 2.75) is 38.5 Å². The molecule has 2 heterocycles. The predicted molar refractivity (Wildman–Crippen MR) is 76.3 cm³/mol. The van der Waals surface area contributed by atoms with Crippen LogP contribution in [0.25, 0.3) is 0 Å². The zero-order valence-electron chi connectivity index (χ0n) is 11.4. The van der Waals surface area contributed by atoms with E-state index in [-0.39, 0.29) is 11.5 Å². The van der Waals surface area contributed by atoms with Gasteiger partial charge in [-0.15, -0.1) is 0 Å². The summed E-state index contributed by atoms with van der Waals surface area (Å²) in [6.07, 6.45) is 2.84. The maximum atomic E-state index is 11.5. The van der Waals surface area contributed by atoms with E-state index < -0.39 is 0 Å². The van der Waals surface area contributed by atoms with Gasteiger partial charge in [-0.2, -0.15) is 0 Å². The zero-order chi connectivity index (χ0) is 14.3. The number of phenols is 1. The number of fused-ring (bicyclic) bond motifs is 2. The third kappa shape index (κ3) is 2.68. The van der Waals surface area contributed by atoms with Crippen LogP contribution in [0.4, 0.5) is 0 Å². The molecule has 3 rings (SSSR count). The van der Waals surface area contributed by atoms with Crippen LogP contribution in [0.5, 0.6) is 5.75 Å². The fourth-order valence-corrected chi connectivity index (χ4v) is 3.35. The van der Waals surface area contributed by atoms with Crippen molar-refractivity contribution in [2.75, 3.05) is 13.1 Å². The summed E-state index contributed by atoms with van der Waals surface area (Å²) < 4.78 is 5.80. The van der Waals surface area contributed by atoms with Crippen LogP contribution in [0, 0.1) is 0 Å². The number of aromatic hydroxyl groups is 1. The molecule has 2 fully saturated rings. The third-order valence-corrected chi connectivity index (χ3v) is 4.26. The van der Waals surface area contributed by atoms with Crippen molar-refractivity contribution in [1.82, 2.24) is 4.90 Å². The van der Waals surface area contributed by atoms with Gasteiger partial charge in [0.15, 0.2) is 5.78 Å². The Morgan fingerprint density at radius 3 is 2.65 bits per heavy atom. The Morgan fingerprint density at radius 2 is 2.05 bits per heavy atom. The Hall–Kier alpha value is -1.10. The lowest BCUT2D eigenvalue weighted by molar-refractivity contribution is -0.0412. The van der Waals surface area contributed by atoms with Gasteiger partial charge in [0, 0.05) is 30.2 Å². The van der Waals surface area contributed by atoms with Crippen LogP contribution >= 0.6 is 11.6 Å². The van der Waals surface area contributed by atoms with E-state index in [1.807, 2.05) is 0 Å². The summed E-state index contributed by atoms with van der Waals surface area (Å²) in [7, 11) is 0. The van der Waals surface area contributed by atoms with E-state index in [1.54, 1.807) is 6.07 Å². The smallest absolute Gasteiger partial charge is 0.163 e. The van der Waals surface area contributed by atoms with Gasteiger partial charge in [0.25, 0.3) is 0 Å². The highest BCUT2D eigenvalue weighted by Gasteiger charge is 2.33. The number of halogens is 1. The summed E-state index contributed by atoms with van der Waals surface area (Å²) in [5, 5.41) is 10.7. The van der Waals surface area contributed by atoms with E-state index in [9.17, 15) is 9.90 Å². The van der Waals surface area contributed by atoms with Crippen LogP contribution in [0.1, 0.15) is 35.7 Å². The minimum absolute atomic E-state index is 0.0562. The third-order valence-electron chi connectivity index (χ3n) is 4.05. The molecule has 2 bridgehead atoms. The monoisotopic (exact) mass is 295 g/mol. The minimum atomic E-state index is -0.173. The number of ketones is 1. The van der Waals surface area contributed by atoms with E-state index >= 15 is 0 Å². The number of carbonyl (C=O) groups is 1. The molecule has 20 heavy (non-hydrogen) atoms. The maximum Gasteiger partial charge on any atom is 0.163 e. The van der Waals surface area contributed by atoms with Crippen LogP contribution in [0.15, 0.2) is 12.1 Å². The summed E-state index contributed by atoms with van der Waals surface area (Å²) in [5.74, 6) is -0.117. The second-order valence-corrected chi connectivity index (χ2v) is 6.11. The molecular weight excluding hydrogens is 278 g/mol. The molecular formula is C15H18ClNO3. The average molecular weight is 296 g/mol. The minimum Gasteiger partial charge on any atom is -0.507 e. The zero-order valence-corrected chi connectivity index (χ0v) is 12.2. The van der Waals surface area contributed by atoms with Crippen LogP contribution in [-0.4, -0.2) is 41.1 Å². The molecule has 2 aliphatic heterocycles. The second kappa shape index (κ2) is 5.35. The molecule has 5 heteroatoms. The number of rotatable bonds is 3. The molecule has 1 N–H and O–H groups in total. The lowest BCUT2D eigenvalue weighted by Gasteiger charge is -2.32. The summed E-state index contributed by atoms with van der Waals surface area (Å²) in [6.45, 7) is 3.78. The number of Topliss-reactive ketones (excluding diaryl/α,β-unsaturated/α-hetero) is 1. The molecule has 0 aromatic heterocycles. The summed E-state index contributed by atoms with van der Waals surface area (Å²) in [4.78, 5) is 13.8. The van der Waals surface area contributed by atoms with E-state index in [0.717, 1.165) is 25.9 Å². The van der Waals surface area contributed by atoms with Gasteiger partial charge in [-0.1, -0.05) is 11.6 Å². The van der Waals surface area contributed by atoms with Gasteiger partial charge in [-0.25, -0.2) is 0 Å². The van der Waals surface area contributed by atoms with Gasteiger partial charge < -0.3 is 9.84 Å². The number of ether oxygens (including phenoxy) is 1. The van der Waals surface area contributed by atoms with Crippen LogP contribution in [-0.2, 0) is 11.3 Å². The first-order valence-electron chi connectivity index (χ1n) is 6.93. The van der Waals surface area contributed by atoms with Gasteiger partial charge in [0.2, 0.25) is 0 Å². The fourth-order valence-electron chi connectivity index (χ4n) is 3.11. The largest absolute Gasteiger partial charge is 0.507 e. The Bertz CT molecular complexity index is 534. The molecule has 1 aromatic carbocycles. The van der Waals surface area contributed by atoms with Crippen molar-refractivity contribution >= 4 is 17.4 Å². The number of benzene rings is 1. The van der Waals surface area contributed by atoms with E-state index in [1.165, 1.54) is 13.0 Å². The number of nitrogens with zero attached hydrogens (tertiary/aromatic N) is 1. The van der Waals surface area contributed by atoms with Gasteiger partial charge in [0.1, 0.15) is 5.75 Å². The number of hydrogen-bond acceptors (Lipinski definition) is 4. The highest BCUT2D eigenvalue weighted by molar-refractivity contribution is 6.31. The normalized spacial score (nSPS) is 25.9. The summed E-state index contributed by atoms with van der Waals surface area (Å²) in [5.41, 5.74) is 1.01. The highest BCUT2D eigenvalue weighted by atomic mass is 35.5. The molecule has 0 aliphatic carbocycles. The Morgan fingerprint density at radius 1 is 1.40 bits per heavy atom. The predicted octanol–water partition coefficient (Wildman–Crippen LogP) is 2.61. The molecule has 0 spiro atoms. The summed E-state index contributed by atoms with van der Waals surface area (Å²) >= 11 is 6.05. The molecule has 2 saturated heterocycles. The van der Waals surface area contributed by atoms with Crippen LogP contribution in [0.2, 0.25) is 5.02 Å². The standard InChI is InChI=1S/C15H18ClNO3/c1-9(18)14-5-11(16)4-10(15(14)19)6-17-7-12-2-3-13(8-17)20-12/h4-5,12-13,19H,2-3,6-8H2,1H3. The first kappa shape index (κ1) is 13.9. The number of likely N-dealkylation sites (tertiary alicyclic amines) is 1. The highest BCUT2D eigenvalue weighted by Crippen LogP contribution is 2.31. The fraction of sp³-hybridized carbons (Fsp3) is 0.533. The van der Waals surface area contributed by atoms with E-state index in [0.29, 0.717) is 34.9 Å². The lowest BCUT2D eigenvalue weighted by Crippen LogP contribution is -2.42. The van der Waals surface area contributed by atoms with Crippen molar-refractivity contribution < 1.29 is 14.6 Å². The maximum absolute atomic E-state index is 11.5. The van der Waals surface area contributed by atoms with Crippen molar-refractivity contribution in [2.24, 2.45) is 0 Å². The van der Waals surface area contributed by atoms with Crippen LogP contribution in [0.3, 0.4) is 0 Å². The van der Waals surface area contributed by atoms with Gasteiger partial charge in [0.05, 0.1) is 17.8 Å². The molecule has 108 valence electrons. The first-order chi connectivity index (χ1) is 9.52. The second-order valence-electron chi connectivity index (χ2n) is 5.67. The first-order valence-corrected chi connectivity index (χ1v) is 7.31. The van der Waals surface area contributed by atoms with Crippen LogP contribution < -0.4 is 0 Å². The van der Waals surface area contributed by atoms with Crippen molar-refractivity contribution in [3.63, 3.8) is 0 Å². The molecule has 0 amide bonds. The summed E-state index contributed by atoms with van der Waals surface area (Å²) in [6, 6.07) is 3.26.